The highest BCUT2D eigenvalue weighted by Gasteiger charge is 2.32. The van der Waals surface area contributed by atoms with Gasteiger partial charge in [0.25, 0.3) is 0 Å². The van der Waals surface area contributed by atoms with Crippen LogP contribution in [0.25, 0.3) is 16.7 Å². The minimum atomic E-state index is -0.503. The molecule has 31 heavy (non-hydrogen) atoms. The SMILES string of the molecule is CC1CN(C(=O)OC(C)(C)C)CCN1c1ncnc2c1c(I)cn2-c1ccc(Cl)cc1. The normalized spacial score (nSPS) is 17.3. The summed E-state index contributed by atoms with van der Waals surface area (Å²) in [4.78, 5) is 25.7. The fraction of sp³-hybridized carbons (Fsp3) is 0.409. The largest absolute Gasteiger partial charge is 0.444 e. The molecule has 1 unspecified atom stereocenters. The standard InChI is InChI=1S/C22H25ClIN5O2/c1-14-11-27(21(30)31-22(2,3)4)9-10-28(14)19-18-17(24)12-29(20(18)26-13-25-19)16-7-5-15(23)6-8-16/h5-8,12-14H,9-11H2,1-4H3. The summed E-state index contributed by atoms with van der Waals surface area (Å²) in [6, 6.07) is 7.78. The van der Waals surface area contributed by atoms with Crippen molar-refractivity contribution in [2.24, 2.45) is 0 Å². The predicted molar refractivity (Wildman–Crippen MR) is 131 cm³/mol. The number of hydrogen-bond donors (Lipinski definition) is 0. The van der Waals surface area contributed by atoms with E-state index in [2.05, 4.69) is 55.1 Å². The molecule has 164 valence electrons. The van der Waals surface area contributed by atoms with E-state index in [1.54, 1.807) is 11.2 Å². The second-order valence-electron chi connectivity index (χ2n) is 8.69. The molecule has 4 rings (SSSR count). The van der Waals surface area contributed by atoms with Crippen molar-refractivity contribution in [3.8, 4) is 5.69 Å². The molecule has 0 radical (unpaired) electrons. The van der Waals surface area contributed by atoms with E-state index >= 15 is 0 Å². The molecule has 1 amide bonds. The van der Waals surface area contributed by atoms with Crippen LogP contribution >= 0.6 is 34.2 Å². The Hall–Kier alpha value is -2.07. The number of anilines is 1. The molecule has 0 bridgehead atoms. The van der Waals surface area contributed by atoms with Gasteiger partial charge in [0.2, 0.25) is 0 Å². The molecule has 1 aliphatic rings. The van der Waals surface area contributed by atoms with Crippen LogP contribution in [0.4, 0.5) is 10.6 Å². The highest BCUT2D eigenvalue weighted by molar-refractivity contribution is 14.1. The Kier molecular flexibility index (Phi) is 6.04. The molecule has 1 saturated heterocycles. The van der Waals surface area contributed by atoms with Crippen LogP contribution < -0.4 is 4.90 Å². The van der Waals surface area contributed by atoms with Gasteiger partial charge in [-0.05, 0) is 74.6 Å². The third-order valence-electron chi connectivity index (χ3n) is 5.17. The first kappa shape index (κ1) is 22.1. The van der Waals surface area contributed by atoms with Crippen molar-refractivity contribution in [3.05, 3.63) is 45.4 Å². The summed E-state index contributed by atoms with van der Waals surface area (Å²) in [5.41, 5.74) is 1.33. The fourth-order valence-electron chi connectivity index (χ4n) is 3.78. The maximum Gasteiger partial charge on any atom is 0.410 e. The minimum Gasteiger partial charge on any atom is -0.444 e. The third-order valence-corrected chi connectivity index (χ3v) is 6.24. The lowest BCUT2D eigenvalue weighted by molar-refractivity contribution is 0.0218. The van der Waals surface area contributed by atoms with Gasteiger partial charge in [0.05, 0.1) is 5.39 Å². The Bertz CT molecular complexity index is 1110. The molecule has 1 aliphatic heterocycles. The first-order chi connectivity index (χ1) is 14.6. The van der Waals surface area contributed by atoms with Gasteiger partial charge in [0.1, 0.15) is 17.7 Å². The number of fused-ring (bicyclic) bond motifs is 1. The number of carbonyl (C=O) groups excluding carboxylic acids is 1. The van der Waals surface area contributed by atoms with Gasteiger partial charge in [0, 0.05) is 46.2 Å². The van der Waals surface area contributed by atoms with Crippen LogP contribution in [0.1, 0.15) is 27.7 Å². The molecule has 9 heteroatoms. The van der Waals surface area contributed by atoms with E-state index in [9.17, 15) is 4.79 Å². The van der Waals surface area contributed by atoms with Crippen LogP contribution in [-0.2, 0) is 4.74 Å². The third kappa shape index (κ3) is 4.59. The molecule has 3 aromatic rings. The molecule has 0 saturated carbocycles. The van der Waals surface area contributed by atoms with Gasteiger partial charge in [-0.3, -0.25) is 0 Å². The lowest BCUT2D eigenvalue weighted by Crippen LogP contribution is -2.54. The zero-order valence-electron chi connectivity index (χ0n) is 18.0. The van der Waals surface area contributed by atoms with E-state index in [4.69, 9.17) is 16.3 Å². The topological polar surface area (TPSA) is 63.5 Å². The molecule has 7 nitrogen and oxygen atoms in total. The quantitative estimate of drug-likeness (QED) is 0.412. The summed E-state index contributed by atoms with van der Waals surface area (Å²) in [7, 11) is 0. The van der Waals surface area contributed by atoms with Gasteiger partial charge >= 0.3 is 6.09 Å². The van der Waals surface area contributed by atoms with Gasteiger partial charge in [-0.1, -0.05) is 11.6 Å². The molecular formula is C22H25ClIN5O2. The summed E-state index contributed by atoms with van der Waals surface area (Å²) in [6.07, 6.45) is 3.40. The molecule has 2 aromatic heterocycles. The number of ether oxygens (including phenoxy) is 1. The van der Waals surface area contributed by atoms with E-state index in [0.29, 0.717) is 24.7 Å². The van der Waals surface area contributed by atoms with Crippen LogP contribution in [0, 0.1) is 3.57 Å². The number of piperazine rings is 1. The summed E-state index contributed by atoms with van der Waals surface area (Å²) in [5, 5.41) is 1.71. The summed E-state index contributed by atoms with van der Waals surface area (Å²) < 4.78 is 8.67. The Morgan fingerprint density at radius 3 is 2.55 bits per heavy atom. The molecule has 3 heterocycles. The smallest absolute Gasteiger partial charge is 0.410 e. The number of halogens is 2. The van der Waals surface area contributed by atoms with Gasteiger partial charge in [-0.15, -0.1) is 0 Å². The monoisotopic (exact) mass is 553 g/mol. The number of aromatic nitrogens is 3. The number of amides is 1. The van der Waals surface area contributed by atoms with Gasteiger partial charge in [0.15, 0.2) is 5.65 Å². The summed E-state index contributed by atoms with van der Waals surface area (Å²) in [5.74, 6) is 0.887. The van der Waals surface area contributed by atoms with Crippen molar-refractivity contribution in [1.29, 1.82) is 0 Å². The molecule has 0 N–H and O–H groups in total. The van der Waals surface area contributed by atoms with Crippen molar-refractivity contribution in [2.45, 2.75) is 39.3 Å². The highest BCUT2D eigenvalue weighted by Crippen LogP contribution is 2.33. The second kappa shape index (κ2) is 8.46. The van der Waals surface area contributed by atoms with E-state index < -0.39 is 5.60 Å². The zero-order chi connectivity index (χ0) is 22.3. The molecule has 1 fully saturated rings. The van der Waals surface area contributed by atoms with Crippen LogP contribution in [0.15, 0.2) is 36.8 Å². The van der Waals surface area contributed by atoms with E-state index in [-0.39, 0.29) is 12.1 Å². The summed E-state index contributed by atoms with van der Waals surface area (Å²) >= 11 is 8.39. The van der Waals surface area contributed by atoms with Crippen molar-refractivity contribution in [2.75, 3.05) is 24.5 Å². The lowest BCUT2D eigenvalue weighted by atomic mass is 10.1. The number of hydrogen-bond acceptors (Lipinski definition) is 5. The molecule has 1 aromatic carbocycles. The number of nitrogens with zero attached hydrogens (tertiary/aromatic N) is 5. The Morgan fingerprint density at radius 2 is 1.90 bits per heavy atom. The Morgan fingerprint density at radius 1 is 1.19 bits per heavy atom. The van der Waals surface area contributed by atoms with Crippen LogP contribution in [0.2, 0.25) is 5.02 Å². The van der Waals surface area contributed by atoms with Crippen molar-refractivity contribution in [3.63, 3.8) is 0 Å². The van der Waals surface area contributed by atoms with Crippen molar-refractivity contribution >= 4 is 57.1 Å². The highest BCUT2D eigenvalue weighted by atomic mass is 127. The van der Waals surface area contributed by atoms with Gasteiger partial charge in [-0.2, -0.15) is 0 Å². The van der Waals surface area contributed by atoms with Crippen molar-refractivity contribution in [1.82, 2.24) is 19.4 Å². The van der Waals surface area contributed by atoms with E-state index in [1.165, 1.54) is 0 Å². The molecule has 0 spiro atoms. The molecular weight excluding hydrogens is 529 g/mol. The van der Waals surface area contributed by atoms with E-state index in [1.807, 2.05) is 45.0 Å². The first-order valence-electron chi connectivity index (χ1n) is 10.2. The van der Waals surface area contributed by atoms with E-state index in [0.717, 1.165) is 26.1 Å². The van der Waals surface area contributed by atoms with Crippen LogP contribution in [-0.4, -0.2) is 56.8 Å². The van der Waals surface area contributed by atoms with Gasteiger partial charge in [-0.25, -0.2) is 14.8 Å². The second-order valence-corrected chi connectivity index (χ2v) is 10.3. The predicted octanol–water partition coefficient (Wildman–Crippen LogP) is 5.12. The zero-order valence-corrected chi connectivity index (χ0v) is 20.9. The average molecular weight is 554 g/mol. The average Bonchev–Trinajstić information content (AvgIpc) is 3.04. The number of benzene rings is 1. The molecule has 0 aliphatic carbocycles. The maximum absolute atomic E-state index is 12.5. The van der Waals surface area contributed by atoms with Crippen molar-refractivity contribution < 1.29 is 9.53 Å². The number of carbonyl (C=O) groups is 1. The fourth-order valence-corrected chi connectivity index (χ4v) is 4.67. The van der Waals surface area contributed by atoms with Crippen LogP contribution in [0.3, 0.4) is 0 Å². The maximum atomic E-state index is 12.5. The molecule has 1 atom stereocenters. The lowest BCUT2D eigenvalue weighted by Gasteiger charge is -2.41. The Balaban J connectivity index is 1.63. The van der Waals surface area contributed by atoms with Gasteiger partial charge < -0.3 is 19.1 Å². The number of rotatable bonds is 2. The van der Waals surface area contributed by atoms with Crippen LogP contribution in [0.5, 0.6) is 0 Å². The first-order valence-corrected chi connectivity index (χ1v) is 11.6. The summed E-state index contributed by atoms with van der Waals surface area (Å²) in [6.45, 7) is 9.59. The minimum absolute atomic E-state index is 0.0917. The Labute approximate surface area is 200 Å².